The van der Waals surface area contributed by atoms with E-state index in [1.807, 2.05) is 12.1 Å². The van der Waals surface area contributed by atoms with E-state index in [0.29, 0.717) is 0 Å². The Balaban J connectivity index is 2.31. The molecule has 0 saturated carbocycles. The van der Waals surface area contributed by atoms with Gasteiger partial charge in [0.15, 0.2) is 0 Å². The Morgan fingerprint density at radius 3 is 2.32 bits per heavy atom. The third-order valence-corrected chi connectivity index (χ3v) is 3.66. The first-order chi connectivity index (χ1) is 8.96. The van der Waals surface area contributed by atoms with Crippen LogP contribution in [0.15, 0.2) is 24.3 Å². The Labute approximate surface area is 117 Å². The molecule has 3 heteroatoms. The number of hydrogen-bond donors (Lipinski definition) is 1. The molecule has 1 aromatic rings. The van der Waals surface area contributed by atoms with Crippen LogP contribution in [0.4, 0.5) is 0 Å². The van der Waals surface area contributed by atoms with Crippen molar-refractivity contribution in [2.45, 2.75) is 26.7 Å². The van der Waals surface area contributed by atoms with Crippen LogP contribution in [0.3, 0.4) is 0 Å². The highest BCUT2D eigenvalue weighted by Crippen LogP contribution is 2.18. The minimum atomic E-state index is 0.244. The van der Waals surface area contributed by atoms with E-state index in [4.69, 9.17) is 10.5 Å². The zero-order chi connectivity index (χ0) is 14.3. The maximum absolute atomic E-state index is 5.75. The van der Waals surface area contributed by atoms with Crippen molar-refractivity contribution >= 4 is 0 Å². The van der Waals surface area contributed by atoms with Gasteiger partial charge in [0.2, 0.25) is 0 Å². The van der Waals surface area contributed by atoms with Gasteiger partial charge < -0.3 is 15.4 Å². The van der Waals surface area contributed by atoms with E-state index in [1.54, 1.807) is 7.11 Å². The molecule has 0 heterocycles. The van der Waals surface area contributed by atoms with Crippen LogP contribution >= 0.6 is 0 Å². The third-order valence-electron chi connectivity index (χ3n) is 3.66. The van der Waals surface area contributed by atoms with Crippen molar-refractivity contribution in [3.8, 4) is 5.75 Å². The summed E-state index contributed by atoms with van der Waals surface area (Å²) in [7, 11) is 3.87. The lowest BCUT2D eigenvalue weighted by Gasteiger charge is -2.26. The van der Waals surface area contributed by atoms with E-state index in [0.717, 1.165) is 38.2 Å². The molecule has 108 valence electrons. The molecule has 0 radical (unpaired) electrons. The van der Waals surface area contributed by atoms with Crippen molar-refractivity contribution in [1.29, 1.82) is 0 Å². The van der Waals surface area contributed by atoms with Gasteiger partial charge in [-0.05, 0) is 56.1 Å². The van der Waals surface area contributed by atoms with Gasteiger partial charge in [-0.1, -0.05) is 26.0 Å². The second-order valence-electron chi connectivity index (χ2n) is 6.02. The van der Waals surface area contributed by atoms with Crippen molar-refractivity contribution in [3.05, 3.63) is 29.8 Å². The topological polar surface area (TPSA) is 38.5 Å². The second kappa shape index (κ2) is 7.51. The molecule has 0 aromatic heterocycles. The highest BCUT2D eigenvalue weighted by Gasteiger charge is 2.15. The van der Waals surface area contributed by atoms with Gasteiger partial charge in [0, 0.05) is 6.54 Å². The van der Waals surface area contributed by atoms with Crippen LogP contribution in [0, 0.1) is 5.41 Å². The number of rotatable bonds is 8. The Morgan fingerprint density at radius 2 is 1.79 bits per heavy atom. The molecule has 0 aliphatic heterocycles. The zero-order valence-electron chi connectivity index (χ0n) is 12.8. The molecule has 2 N–H and O–H groups in total. The van der Waals surface area contributed by atoms with Crippen LogP contribution in [-0.2, 0) is 6.42 Å². The largest absolute Gasteiger partial charge is 0.497 e. The first-order valence-electron chi connectivity index (χ1n) is 6.98. The number of ether oxygens (including phenoxy) is 1. The van der Waals surface area contributed by atoms with Gasteiger partial charge in [0.25, 0.3) is 0 Å². The number of hydrogen-bond acceptors (Lipinski definition) is 3. The van der Waals surface area contributed by atoms with Crippen LogP contribution in [-0.4, -0.2) is 38.7 Å². The lowest BCUT2D eigenvalue weighted by Crippen LogP contribution is -2.30. The molecule has 0 amide bonds. The Morgan fingerprint density at radius 1 is 1.16 bits per heavy atom. The number of likely N-dealkylation sites (N-methyl/N-ethyl adjacent to an activating group) is 1. The van der Waals surface area contributed by atoms with Crippen molar-refractivity contribution in [2.75, 3.05) is 33.8 Å². The Bertz CT molecular complexity index is 360. The summed E-state index contributed by atoms with van der Waals surface area (Å²) >= 11 is 0. The van der Waals surface area contributed by atoms with Crippen LogP contribution in [0.1, 0.15) is 25.8 Å². The van der Waals surface area contributed by atoms with Crippen LogP contribution in [0.25, 0.3) is 0 Å². The minimum absolute atomic E-state index is 0.244. The van der Waals surface area contributed by atoms with Crippen molar-refractivity contribution < 1.29 is 4.74 Å². The second-order valence-corrected chi connectivity index (χ2v) is 6.02. The van der Waals surface area contributed by atoms with Gasteiger partial charge >= 0.3 is 0 Å². The van der Waals surface area contributed by atoms with Gasteiger partial charge in [0.1, 0.15) is 5.75 Å². The monoisotopic (exact) mass is 264 g/mol. The number of methoxy groups -OCH3 is 1. The average molecular weight is 264 g/mol. The molecule has 0 atom stereocenters. The molecule has 0 aliphatic carbocycles. The maximum Gasteiger partial charge on any atom is 0.118 e. The summed E-state index contributed by atoms with van der Waals surface area (Å²) in [4.78, 5) is 2.38. The smallest absolute Gasteiger partial charge is 0.118 e. The molecular weight excluding hydrogens is 236 g/mol. The average Bonchev–Trinajstić information content (AvgIpc) is 2.43. The van der Waals surface area contributed by atoms with E-state index >= 15 is 0 Å². The number of benzene rings is 1. The van der Waals surface area contributed by atoms with Gasteiger partial charge in [-0.3, -0.25) is 0 Å². The number of nitrogens with zero attached hydrogens (tertiary/aromatic N) is 1. The molecule has 1 aromatic carbocycles. The lowest BCUT2D eigenvalue weighted by molar-refractivity contribution is 0.256. The van der Waals surface area contributed by atoms with Gasteiger partial charge in [0.05, 0.1) is 7.11 Å². The number of nitrogens with two attached hydrogens (primary N) is 1. The summed E-state index contributed by atoms with van der Waals surface area (Å²) in [6, 6.07) is 8.31. The normalized spacial score (nSPS) is 11.9. The van der Waals surface area contributed by atoms with E-state index in [-0.39, 0.29) is 5.41 Å². The van der Waals surface area contributed by atoms with Crippen LogP contribution in [0.5, 0.6) is 5.75 Å². The molecule has 3 nitrogen and oxygen atoms in total. The van der Waals surface area contributed by atoms with E-state index in [2.05, 4.69) is 37.9 Å². The summed E-state index contributed by atoms with van der Waals surface area (Å²) < 4.78 is 5.16. The summed E-state index contributed by atoms with van der Waals surface area (Å²) in [5.41, 5.74) is 7.35. The highest BCUT2D eigenvalue weighted by molar-refractivity contribution is 5.27. The third kappa shape index (κ3) is 6.08. The van der Waals surface area contributed by atoms with Gasteiger partial charge in [-0.2, -0.15) is 0 Å². The molecule has 0 saturated heterocycles. The van der Waals surface area contributed by atoms with E-state index in [9.17, 15) is 0 Å². The minimum Gasteiger partial charge on any atom is -0.497 e. The lowest BCUT2D eigenvalue weighted by atomic mass is 9.89. The van der Waals surface area contributed by atoms with Gasteiger partial charge in [-0.15, -0.1) is 0 Å². The van der Waals surface area contributed by atoms with Crippen LogP contribution in [0.2, 0.25) is 0 Å². The van der Waals surface area contributed by atoms with Gasteiger partial charge in [-0.25, -0.2) is 0 Å². The van der Waals surface area contributed by atoms with E-state index in [1.165, 1.54) is 5.56 Å². The van der Waals surface area contributed by atoms with Crippen molar-refractivity contribution in [2.24, 2.45) is 11.1 Å². The summed E-state index contributed by atoms with van der Waals surface area (Å²) in [6.45, 7) is 7.38. The summed E-state index contributed by atoms with van der Waals surface area (Å²) in [5.74, 6) is 0.918. The molecule has 1 rings (SSSR count). The SMILES string of the molecule is COc1ccc(CCN(C)CCC(C)(C)CN)cc1. The Hall–Kier alpha value is -1.06. The molecular formula is C16H28N2O. The fourth-order valence-corrected chi connectivity index (χ4v) is 1.82. The molecule has 0 bridgehead atoms. The van der Waals surface area contributed by atoms with Crippen LogP contribution < -0.4 is 10.5 Å². The quantitative estimate of drug-likeness (QED) is 0.784. The fraction of sp³-hybridized carbons (Fsp3) is 0.625. The predicted molar refractivity (Wildman–Crippen MR) is 81.6 cm³/mol. The molecule has 19 heavy (non-hydrogen) atoms. The molecule has 0 fully saturated rings. The highest BCUT2D eigenvalue weighted by atomic mass is 16.5. The summed E-state index contributed by atoms with van der Waals surface area (Å²) in [5, 5.41) is 0. The predicted octanol–water partition coefficient (Wildman–Crippen LogP) is 2.54. The maximum atomic E-state index is 5.75. The Kier molecular flexibility index (Phi) is 6.32. The van der Waals surface area contributed by atoms with Crippen molar-refractivity contribution in [1.82, 2.24) is 4.90 Å². The van der Waals surface area contributed by atoms with Crippen molar-refractivity contribution in [3.63, 3.8) is 0 Å². The zero-order valence-corrected chi connectivity index (χ0v) is 12.8. The summed E-state index contributed by atoms with van der Waals surface area (Å²) in [6.07, 6.45) is 2.21. The molecule has 0 aliphatic rings. The first kappa shape index (κ1) is 16.0. The fourth-order valence-electron chi connectivity index (χ4n) is 1.82. The standard InChI is InChI=1S/C16H28N2O/c1-16(2,13-17)10-12-18(3)11-9-14-5-7-15(19-4)8-6-14/h5-8H,9-13,17H2,1-4H3. The first-order valence-corrected chi connectivity index (χ1v) is 6.98. The van der Waals surface area contributed by atoms with E-state index < -0.39 is 0 Å². The molecule has 0 unspecified atom stereocenters. The molecule has 0 spiro atoms.